The molecule has 0 fully saturated rings. The Labute approximate surface area is 149 Å². The SMILES string of the molecule is O=c1[nH]c2cc(Cl)c(NS(=O)(=O)c3ccc4c(c3)CCCC4)cc2[nH]1. The maximum atomic E-state index is 12.7. The topological polar surface area (TPSA) is 94.8 Å². The maximum absolute atomic E-state index is 12.7. The third-order valence-corrected chi connectivity index (χ3v) is 6.15. The number of aromatic nitrogens is 2. The van der Waals surface area contributed by atoms with E-state index in [4.69, 9.17) is 11.6 Å². The van der Waals surface area contributed by atoms with Crippen LogP contribution in [-0.2, 0) is 22.9 Å². The molecule has 0 amide bonds. The third-order valence-electron chi connectivity index (χ3n) is 4.48. The van der Waals surface area contributed by atoms with Crippen molar-refractivity contribution < 1.29 is 8.42 Å². The van der Waals surface area contributed by atoms with Gasteiger partial charge in [-0.15, -0.1) is 0 Å². The lowest BCUT2D eigenvalue weighted by Crippen LogP contribution is -2.14. The van der Waals surface area contributed by atoms with Crippen LogP contribution in [0, 0.1) is 0 Å². The first kappa shape index (κ1) is 16.2. The Morgan fingerprint density at radius 3 is 2.40 bits per heavy atom. The molecule has 130 valence electrons. The van der Waals surface area contributed by atoms with Gasteiger partial charge in [0.2, 0.25) is 0 Å². The number of aryl methyl sites for hydroxylation is 2. The zero-order valence-corrected chi connectivity index (χ0v) is 14.8. The average molecular weight is 378 g/mol. The van der Waals surface area contributed by atoms with Crippen LogP contribution >= 0.6 is 11.6 Å². The van der Waals surface area contributed by atoms with E-state index in [9.17, 15) is 13.2 Å². The van der Waals surface area contributed by atoms with Crippen molar-refractivity contribution in [3.8, 4) is 0 Å². The maximum Gasteiger partial charge on any atom is 0.323 e. The van der Waals surface area contributed by atoms with Gasteiger partial charge in [-0.3, -0.25) is 4.72 Å². The van der Waals surface area contributed by atoms with Gasteiger partial charge in [0.15, 0.2) is 0 Å². The molecule has 0 saturated heterocycles. The number of aromatic amines is 2. The van der Waals surface area contributed by atoms with Gasteiger partial charge >= 0.3 is 5.69 Å². The molecule has 3 aromatic rings. The molecule has 0 saturated carbocycles. The molecule has 0 spiro atoms. The van der Waals surface area contributed by atoms with Crippen LogP contribution in [0.1, 0.15) is 24.0 Å². The molecule has 1 heterocycles. The lowest BCUT2D eigenvalue weighted by molar-refractivity contribution is 0.600. The third kappa shape index (κ3) is 3.05. The van der Waals surface area contributed by atoms with Crippen molar-refractivity contribution in [3.63, 3.8) is 0 Å². The molecule has 25 heavy (non-hydrogen) atoms. The number of rotatable bonds is 3. The molecule has 6 nitrogen and oxygen atoms in total. The van der Waals surface area contributed by atoms with Gasteiger partial charge < -0.3 is 9.97 Å². The summed E-state index contributed by atoms with van der Waals surface area (Å²) in [6, 6.07) is 8.26. The molecular formula is C17H16ClN3O3S. The van der Waals surface area contributed by atoms with E-state index in [1.807, 2.05) is 6.07 Å². The molecule has 3 N–H and O–H groups in total. The fraction of sp³-hybridized carbons (Fsp3) is 0.235. The molecule has 1 aromatic heterocycles. The molecular weight excluding hydrogens is 362 g/mol. The number of nitrogens with one attached hydrogen (secondary N) is 3. The standard InChI is InChI=1S/C17H16ClN3O3S/c18-13-8-15-16(20-17(22)19-15)9-14(13)21-25(23,24)12-6-5-10-3-1-2-4-11(10)7-12/h5-9,21H,1-4H2,(H2,19,20,22). The molecule has 4 rings (SSSR count). The average Bonchev–Trinajstić information content (AvgIpc) is 2.93. The van der Waals surface area contributed by atoms with E-state index >= 15 is 0 Å². The van der Waals surface area contributed by atoms with Gasteiger partial charge in [-0.25, -0.2) is 13.2 Å². The summed E-state index contributed by atoms with van der Waals surface area (Å²) >= 11 is 6.16. The number of hydrogen-bond acceptors (Lipinski definition) is 3. The Hall–Kier alpha value is -2.25. The van der Waals surface area contributed by atoms with Crippen molar-refractivity contribution >= 4 is 38.3 Å². The lowest BCUT2D eigenvalue weighted by Gasteiger charge is -2.17. The van der Waals surface area contributed by atoms with Crippen LogP contribution in [0.2, 0.25) is 5.02 Å². The zero-order valence-electron chi connectivity index (χ0n) is 13.2. The zero-order chi connectivity index (χ0) is 17.6. The van der Waals surface area contributed by atoms with Crippen LogP contribution in [0.15, 0.2) is 40.0 Å². The normalized spacial score (nSPS) is 14.4. The molecule has 1 aliphatic rings. The van der Waals surface area contributed by atoms with E-state index in [-0.39, 0.29) is 21.3 Å². The number of sulfonamides is 1. The fourth-order valence-electron chi connectivity index (χ4n) is 3.21. The molecule has 0 radical (unpaired) electrons. The van der Waals surface area contributed by atoms with Gasteiger partial charge in [-0.05, 0) is 61.1 Å². The van der Waals surface area contributed by atoms with Crippen LogP contribution < -0.4 is 10.4 Å². The molecule has 0 atom stereocenters. The van der Waals surface area contributed by atoms with Crippen molar-refractivity contribution in [1.29, 1.82) is 0 Å². The molecule has 0 bridgehead atoms. The van der Waals surface area contributed by atoms with E-state index in [1.165, 1.54) is 17.7 Å². The van der Waals surface area contributed by atoms with Gasteiger partial charge in [0.1, 0.15) is 0 Å². The van der Waals surface area contributed by atoms with Crippen LogP contribution in [0.3, 0.4) is 0 Å². The van der Waals surface area contributed by atoms with Crippen LogP contribution in [0.25, 0.3) is 11.0 Å². The highest BCUT2D eigenvalue weighted by Crippen LogP contribution is 2.29. The second-order valence-corrected chi connectivity index (χ2v) is 8.29. The van der Waals surface area contributed by atoms with Crippen LogP contribution in [-0.4, -0.2) is 18.4 Å². The van der Waals surface area contributed by atoms with E-state index in [0.29, 0.717) is 11.0 Å². The summed E-state index contributed by atoms with van der Waals surface area (Å²) in [7, 11) is -3.77. The summed E-state index contributed by atoms with van der Waals surface area (Å²) in [4.78, 5) is 16.7. The predicted octanol–water partition coefficient (Wildman–Crippen LogP) is 3.19. The second-order valence-electron chi connectivity index (χ2n) is 6.20. The first-order valence-electron chi connectivity index (χ1n) is 7.98. The van der Waals surface area contributed by atoms with Gasteiger partial charge in [-0.2, -0.15) is 0 Å². The van der Waals surface area contributed by atoms with Gasteiger partial charge in [0.05, 0.1) is 26.6 Å². The smallest absolute Gasteiger partial charge is 0.306 e. The molecule has 0 unspecified atom stereocenters. The Morgan fingerprint density at radius 1 is 0.960 bits per heavy atom. The monoisotopic (exact) mass is 377 g/mol. The first-order chi connectivity index (χ1) is 11.9. The highest BCUT2D eigenvalue weighted by atomic mass is 35.5. The summed E-state index contributed by atoms with van der Waals surface area (Å²) in [6.07, 6.45) is 4.11. The Bertz CT molecular complexity index is 1130. The van der Waals surface area contributed by atoms with E-state index in [0.717, 1.165) is 31.2 Å². The molecule has 2 aromatic carbocycles. The minimum absolute atomic E-state index is 0.212. The Balaban J connectivity index is 1.71. The van der Waals surface area contributed by atoms with Crippen molar-refractivity contribution in [2.75, 3.05) is 4.72 Å². The first-order valence-corrected chi connectivity index (χ1v) is 9.85. The minimum atomic E-state index is -3.77. The summed E-state index contributed by atoms with van der Waals surface area (Å²) in [5, 5.41) is 0.212. The molecule has 8 heteroatoms. The highest BCUT2D eigenvalue weighted by molar-refractivity contribution is 7.92. The minimum Gasteiger partial charge on any atom is -0.306 e. The second kappa shape index (κ2) is 5.93. The van der Waals surface area contributed by atoms with Gasteiger partial charge in [0, 0.05) is 0 Å². The Kier molecular flexibility index (Phi) is 3.85. The van der Waals surface area contributed by atoms with Crippen molar-refractivity contribution in [2.24, 2.45) is 0 Å². The quantitative estimate of drug-likeness (QED) is 0.654. The lowest BCUT2D eigenvalue weighted by atomic mass is 9.92. The number of imidazole rings is 1. The van der Waals surface area contributed by atoms with Gasteiger partial charge in [0.25, 0.3) is 10.0 Å². The van der Waals surface area contributed by atoms with Crippen LogP contribution in [0.5, 0.6) is 0 Å². The van der Waals surface area contributed by atoms with E-state index in [1.54, 1.807) is 12.1 Å². The Morgan fingerprint density at radius 2 is 1.64 bits per heavy atom. The summed E-state index contributed by atoms with van der Waals surface area (Å²) < 4.78 is 28.0. The summed E-state index contributed by atoms with van der Waals surface area (Å²) in [6.45, 7) is 0. The number of halogens is 1. The fourth-order valence-corrected chi connectivity index (χ4v) is 4.60. The van der Waals surface area contributed by atoms with Crippen molar-refractivity contribution in [3.05, 3.63) is 57.0 Å². The van der Waals surface area contributed by atoms with Crippen molar-refractivity contribution in [2.45, 2.75) is 30.6 Å². The molecule has 0 aliphatic heterocycles. The van der Waals surface area contributed by atoms with Crippen LogP contribution in [0.4, 0.5) is 5.69 Å². The number of hydrogen-bond donors (Lipinski definition) is 3. The van der Waals surface area contributed by atoms with E-state index in [2.05, 4.69) is 14.7 Å². The molecule has 1 aliphatic carbocycles. The number of anilines is 1. The van der Waals surface area contributed by atoms with E-state index < -0.39 is 10.0 Å². The highest BCUT2D eigenvalue weighted by Gasteiger charge is 2.19. The summed E-state index contributed by atoms with van der Waals surface area (Å²) in [5.74, 6) is 0. The predicted molar refractivity (Wildman–Crippen MR) is 97.8 cm³/mol. The largest absolute Gasteiger partial charge is 0.323 e. The van der Waals surface area contributed by atoms with Gasteiger partial charge in [-0.1, -0.05) is 17.7 Å². The number of H-pyrrole nitrogens is 2. The summed E-state index contributed by atoms with van der Waals surface area (Å²) in [5.41, 5.74) is 3.16. The number of fused-ring (bicyclic) bond motifs is 2. The number of benzene rings is 2. The van der Waals surface area contributed by atoms with Crippen molar-refractivity contribution in [1.82, 2.24) is 9.97 Å².